The summed E-state index contributed by atoms with van der Waals surface area (Å²) in [6, 6.07) is 6.99. The maximum Gasteiger partial charge on any atom is 0.0406 e. The van der Waals surface area contributed by atoms with Gasteiger partial charge in [-0.3, -0.25) is 4.98 Å². The van der Waals surface area contributed by atoms with E-state index in [-0.39, 0.29) is 0 Å². The zero-order chi connectivity index (χ0) is 11.9. The lowest BCUT2D eigenvalue weighted by molar-refractivity contribution is 0.387. The van der Waals surface area contributed by atoms with Gasteiger partial charge >= 0.3 is 0 Å². The lowest BCUT2D eigenvalue weighted by Gasteiger charge is -2.20. The highest BCUT2D eigenvalue weighted by Gasteiger charge is 2.19. The third-order valence-electron chi connectivity index (χ3n) is 3.75. The molecule has 0 bridgehead atoms. The first-order valence-electron chi connectivity index (χ1n) is 7.01. The predicted molar refractivity (Wildman–Crippen MR) is 72.0 cm³/mol. The third kappa shape index (κ3) is 4.12. The van der Waals surface area contributed by atoms with Gasteiger partial charge in [0.2, 0.25) is 0 Å². The molecule has 0 spiro atoms. The summed E-state index contributed by atoms with van der Waals surface area (Å²) in [7, 11) is 0. The average Bonchev–Trinajstić information content (AvgIpc) is 2.56. The van der Waals surface area contributed by atoms with Crippen molar-refractivity contribution in [1.82, 2.24) is 10.3 Å². The van der Waals surface area contributed by atoms with E-state index >= 15 is 0 Å². The summed E-state index contributed by atoms with van der Waals surface area (Å²) < 4.78 is 0. The summed E-state index contributed by atoms with van der Waals surface area (Å²) in [5.41, 5.74) is 1.26. The van der Waals surface area contributed by atoms with Crippen LogP contribution in [0.25, 0.3) is 0 Å². The van der Waals surface area contributed by atoms with E-state index in [1.165, 1.54) is 37.8 Å². The topological polar surface area (TPSA) is 24.9 Å². The van der Waals surface area contributed by atoms with Gasteiger partial charge in [-0.15, -0.1) is 0 Å². The van der Waals surface area contributed by atoms with Crippen molar-refractivity contribution in [3.63, 3.8) is 0 Å². The summed E-state index contributed by atoms with van der Waals surface area (Å²) >= 11 is 0. The standard InChI is InChI=1S/C15H24N2/c1-2-16-14-8-4-3-7-13(11-14)12-15-9-5-6-10-17-15/h5-6,9-10,13-14,16H,2-4,7-8,11-12H2,1H3. The first-order valence-corrected chi connectivity index (χ1v) is 7.01. The van der Waals surface area contributed by atoms with E-state index < -0.39 is 0 Å². The molecule has 2 rings (SSSR count). The number of pyridine rings is 1. The van der Waals surface area contributed by atoms with Gasteiger partial charge in [0.15, 0.2) is 0 Å². The Labute approximate surface area is 105 Å². The summed E-state index contributed by atoms with van der Waals surface area (Å²) in [6.07, 6.45) is 9.89. The van der Waals surface area contributed by atoms with Gasteiger partial charge in [-0.05, 0) is 43.9 Å². The van der Waals surface area contributed by atoms with Crippen molar-refractivity contribution in [2.45, 2.75) is 51.5 Å². The van der Waals surface area contributed by atoms with E-state index in [0.717, 1.165) is 24.9 Å². The molecule has 0 aromatic carbocycles. The first kappa shape index (κ1) is 12.6. The van der Waals surface area contributed by atoms with Gasteiger partial charge in [-0.2, -0.15) is 0 Å². The zero-order valence-corrected chi connectivity index (χ0v) is 10.9. The number of hydrogen-bond acceptors (Lipinski definition) is 2. The van der Waals surface area contributed by atoms with Gasteiger partial charge in [0, 0.05) is 17.9 Å². The van der Waals surface area contributed by atoms with Gasteiger partial charge in [0.25, 0.3) is 0 Å². The minimum Gasteiger partial charge on any atom is -0.314 e. The zero-order valence-electron chi connectivity index (χ0n) is 10.9. The van der Waals surface area contributed by atoms with Gasteiger partial charge in [0.05, 0.1) is 0 Å². The van der Waals surface area contributed by atoms with E-state index in [4.69, 9.17) is 0 Å². The lowest BCUT2D eigenvalue weighted by atomic mass is 9.93. The molecule has 1 fully saturated rings. The number of nitrogens with one attached hydrogen (secondary N) is 1. The molecule has 0 aliphatic heterocycles. The van der Waals surface area contributed by atoms with Crippen molar-refractivity contribution in [3.05, 3.63) is 30.1 Å². The van der Waals surface area contributed by atoms with Crippen LogP contribution in [0.5, 0.6) is 0 Å². The van der Waals surface area contributed by atoms with E-state index in [9.17, 15) is 0 Å². The summed E-state index contributed by atoms with van der Waals surface area (Å²) in [5.74, 6) is 0.816. The second-order valence-electron chi connectivity index (χ2n) is 5.17. The van der Waals surface area contributed by atoms with Crippen LogP contribution in [0.15, 0.2) is 24.4 Å². The van der Waals surface area contributed by atoms with Crippen molar-refractivity contribution in [2.75, 3.05) is 6.54 Å². The monoisotopic (exact) mass is 232 g/mol. The Morgan fingerprint density at radius 3 is 2.94 bits per heavy atom. The Balaban J connectivity index is 1.90. The van der Waals surface area contributed by atoms with Crippen LogP contribution in [0.4, 0.5) is 0 Å². The summed E-state index contributed by atoms with van der Waals surface area (Å²) in [6.45, 7) is 3.31. The van der Waals surface area contributed by atoms with E-state index in [2.05, 4.69) is 29.4 Å². The van der Waals surface area contributed by atoms with Gasteiger partial charge in [-0.25, -0.2) is 0 Å². The molecule has 1 aromatic rings. The molecule has 1 aliphatic carbocycles. The minimum atomic E-state index is 0.733. The molecular formula is C15H24N2. The van der Waals surface area contributed by atoms with E-state index in [0.29, 0.717) is 0 Å². The third-order valence-corrected chi connectivity index (χ3v) is 3.75. The fourth-order valence-corrected chi connectivity index (χ4v) is 2.94. The molecule has 2 nitrogen and oxygen atoms in total. The molecule has 1 heterocycles. The van der Waals surface area contributed by atoms with Crippen LogP contribution in [0.2, 0.25) is 0 Å². The number of nitrogens with zero attached hydrogens (tertiary/aromatic N) is 1. The summed E-state index contributed by atoms with van der Waals surface area (Å²) in [5, 5.41) is 3.62. The van der Waals surface area contributed by atoms with Gasteiger partial charge < -0.3 is 5.32 Å². The Bertz CT molecular complexity index is 310. The second kappa shape index (κ2) is 6.75. The van der Waals surface area contributed by atoms with Crippen LogP contribution in [-0.4, -0.2) is 17.6 Å². The average molecular weight is 232 g/mol. The number of rotatable bonds is 4. The van der Waals surface area contributed by atoms with Crippen molar-refractivity contribution in [1.29, 1.82) is 0 Å². The highest BCUT2D eigenvalue weighted by molar-refractivity contribution is 5.04. The Kier molecular flexibility index (Phi) is 4.99. The van der Waals surface area contributed by atoms with Crippen LogP contribution >= 0.6 is 0 Å². The Morgan fingerprint density at radius 1 is 1.29 bits per heavy atom. The molecule has 0 saturated heterocycles. The Morgan fingerprint density at radius 2 is 2.18 bits per heavy atom. The van der Waals surface area contributed by atoms with E-state index in [1.807, 2.05) is 12.3 Å². The van der Waals surface area contributed by atoms with Crippen molar-refractivity contribution < 1.29 is 0 Å². The van der Waals surface area contributed by atoms with Crippen LogP contribution in [-0.2, 0) is 6.42 Å². The predicted octanol–water partition coefficient (Wildman–Crippen LogP) is 3.18. The normalized spacial score (nSPS) is 25.5. The van der Waals surface area contributed by atoms with Crippen molar-refractivity contribution >= 4 is 0 Å². The number of hydrogen-bond donors (Lipinski definition) is 1. The largest absolute Gasteiger partial charge is 0.314 e. The molecule has 2 atom stereocenters. The molecular weight excluding hydrogens is 208 g/mol. The molecule has 1 saturated carbocycles. The van der Waals surface area contributed by atoms with Crippen molar-refractivity contribution in [2.24, 2.45) is 5.92 Å². The molecule has 1 aromatic heterocycles. The summed E-state index contributed by atoms with van der Waals surface area (Å²) in [4.78, 5) is 4.45. The SMILES string of the molecule is CCNC1CCCCC(Cc2ccccn2)C1. The maximum absolute atomic E-state index is 4.45. The fourth-order valence-electron chi connectivity index (χ4n) is 2.94. The van der Waals surface area contributed by atoms with Gasteiger partial charge in [0.1, 0.15) is 0 Å². The fraction of sp³-hybridized carbons (Fsp3) is 0.667. The van der Waals surface area contributed by atoms with Gasteiger partial charge in [-0.1, -0.05) is 32.3 Å². The van der Waals surface area contributed by atoms with Crippen LogP contribution in [0, 0.1) is 5.92 Å². The quantitative estimate of drug-likeness (QED) is 0.806. The smallest absolute Gasteiger partial charge is 0.0406 e. The number of aromatic nitrogens is 1. The first-order chi connectivity index (χ1) is 8.38. The highest BCUT2D eigenvalue weighted by atomic mass is 14.9. The molecule has 1 aliphatic rings. The molecule has 0 amide bonds. The van der Waals surface area contributed by atoms with Crippen LogP contribution in [0.3, 0.4) is 0 Å². The minimum absolute atomic E-state index is 0.733. The lowest BCUT2D eigenvalue weighted by Crippen LogP contribution is -2.30. The van der Waals surface area contributed by atoms with Crippen LogP contribution in [0.1, 0.15) is 44.7 Å². The highest BCUT2D eigenvalue weighted by Crippen LogP contribution is 2.25. The molecule has 17 heavy (non-hydrogen) atoms. The molecule has 2 heteroatoms. The van der Waals surface area contributed by atoms with Crippen molar-refractivity contribution in [3.8, 4) is 0 Å². The molecule has 1 N–H and O–H groups in total. The van der Waals surface area contributed by atoms with E-state index in [1.54, 1.807) is 0 Å². The maximum atomic E-state index is 4.45. The van der Waals surface area contributed by atoms with Crippen LogP contribution < -0.4 is 5.32 Å². The molecule has 0 radical (unpaired) electrons. The Hall–Kier alpha value is -0.890. The second-order valence-corrected chi connectivity index (χ2v) is 5.17. The molecule has 94 valence electrons. The molecule has 2 unspecified atom stereocenters.